The Hall–Kier alpha value is -1.36. The van der Waals surface area contributed by atoms with Gasteiger partial charge in [-0.3, -0.25) is 4.79 Å². The molecule has 4 nitrogen and oxygen atoms in total. The minimum atomic E-state index is -3.06. The molecule has 1 aliphatic heterocycles. The maximum atomic E-state index is 12.2. The Morgan fingerprint density at radius 2 is 1.81 bits per heavy atom. The number of benzene rings is 1. The lowest BCUT2D eigenvalue weighted by molar-refractivity contribution is -0.119. The van der Waals surface area contributed by atoms with Crippen molar-refractivity contribution in [1.29, 1.82) is 0 Å². The number of rotatable bonds is 2. The van der Waals surface area contributed by atoms with Crippen LogP contribution in [0, 0.1) is 5.92 Å². The molecule has 0 saturated carbocycles. The Morgan fingerprint density at radius 1 is 1.19 bits per heavy atom. The number of carbonyl (C=O) groups excluding carboxylic acids is 1. The zero-order valence-corrected chi connectivity index (χ0v) is 13.7. The number of anilines is 1. The van der Waals surface area contributed by atoms with E-state index in [-0.39, 0.29) is 22.8 Å². The van der Waals surface area contributed by atoms with E-state index in [0.717, 1.165) is 5.69 Å². The van der Waals surface area contributed by atoms with Crippen molar-refractivity contribution in [2.45, 2.75) is 39.0 Å². The van der Waals surface area contributed by atoms with E-state index in [1.807, 2.05) is 24.3 Å². The van der Waals surface area contributed by atoms with Crippen LogP contribution in [0.25, 0.3) is 0 Å². The van der Waals surface area contributed by atoms with Gasteiger partial charge in [-0.1, -0.05) is 32.9 Å². The fraction of sp³-hybridized carbons (Fsp3) is 0.562. The van der Waals surface area contributed by atoms with Gasteiger partial charge in [0, 0.05) is 5.69 Å². The number of amides is 1. The van der Waals surface area contributed by atoms with Crippen molar-refractivity contribution in [3.63, 3.8) is 0 Å². The first kappa shape index (κ1) is 16.0. The number of carbonyl (C=O) groups is 1. The van der Waals surface area contributed by atoms with E-state index in [0.29, 0.717) is 12.8 Å². The smallest absolute Gasteiger partial charge is 0.228 e. The molecule has 1 aliphatic rings. The first-order chi connectivity index (χ1) is 9.67. The molecule has 1 fully saturated rings. The summed E-state index contributed by atoms with van der Waals surface area (Å²) in [7, 11) is -3.06. The molecule has 0 radical (unpaired) electrons. The van der Waals surface area contributed by atoms with Gasteiger partial charge in [0.15, 0.2) is 9.84 Å². The minimum absolute atomic E-state index is 0.0289. The molecule has 21 heavy (non-hydrogen) atoms. The summed E-state index contributed by atoms with van der Waals surface area (Å²) in [6.07, 6.45) is 1.22. The molecule has 1 unspecified atom stereocenters. The van der Waals surface area contributed by atoms with Crippen molar-refractivity contribution >= 4 is 21.4 Å². The third-order valence-electron chi connectivity index (χ3n) is 3.85. The van der Waals surface area contributed by atoms with E-state index in [4.69, 9.17) is 0 Å². The maximum absolute atomic E-state index is 12.2. The van der Waals surface area contributed by atoms with Gasteiger partial charge in [0.25, 0.3) is 0 Å². The quantitative estimate of drug-likeness (QED) is 0.913. The predicted octanol–water partition coefficient (Wildman–Crippen LogP) is 2.75. The molecule has 0 bridgehead atoms. The Labute approximate surface area is 126 Å². The summed E-state index contributed by atoms with van der Waals surface area (Å²) in [5, 5.41) is 2.82. The van der Waals surface area contributed by atoms with Crippen molar-refractivity contribution in [2.24, 2.45) is 5.92 Å². The third kappa shape index (κ3) is 4.30. The molecule has 1 atom stereocenters. The fourth-order valence-electron chi connectivity index (χ4n) is 2.53. The Bertz CT molecular complexity index is 612. The molecule has 0 spiro atoms. The number of hydrogen-bond donors (Lipinski definition) is 1. The van der Waals surface area contributed by atoms with Crippen LogP contribution in [0.2, 0.25) is 0 Å². The van der Waals surface area contributed by atoms with Gasteiger partial charge in [-0.25, -0.2) is 8.42 Å². The zero-order valence-electron chi connectivity index (χ0n) is 12.8. The Balaban J connectivity index is 2.03. The molecule has 1 aromatic carbocycles. The molecule has 116 valence electrons. The summed E-state index contributed by atoms with van der Waals surface area (Å²) >= 11 is 0. The summed E-state index contributed by atoms with van der Waals surface area (Å²) in [5.41, 5.74) is 1.98. The largest absolute Gasteiger partial charge is 0.326 e. The summed E-state index contributed by atoms with van der Waals surface area (Å²) < 4.78 is 23.2. The fourth-order valence-corrected chi connectivity index (χ4v) is 4.23. The van der Waals surface area contributed by atoms with Crippen LogP contribution >= 0.6 is 0 Å². The number of hydrogen-bond acceptors (Lipinski definition) is 3. The molecule has 1 amide bonds. The first-order valence-corrected chi connectivity index (χ1v) is 9.11. The minimum Gasteiger partial charge on any atom is -0.326 e. The van der Waals surface area contributed by atoms with Gasteiger partial charge in [-0.2, -0.15) is 0 Å². The Kier molecular flexibility index (Phi) is 4.42. The van der Waals surface area contributed by atoms with Gasteiger partial charge in [0.1, 0.15) is 0 Å². The van der Waals surface area contributed by atoms with Gasteiger partial charge in [0.2, 0.25) is 5.91 Å². The molecule has 1 aromatic rings. The van der Waals surface area contributed by atoms with Crippen LogP contribution in [-0.4, -0.2) is 25.8 Å². The summed E-state index contributed by atoms with van der Waals surface area (Å²) in [6.45, 7) is 6.40. The van der Waals surface area contributed by atoms with Crippen molar-refractivity contribution in [1.82, 2.24) is 0 Å². The van der Waals surface area contributed by atoms with Gasteiger partial charge < -0.3 is 5.32 Å². The molecule has 2 rings (SSSR count). The molecule has 1 heterocycles. The second kappa shape index (κ2) is 5.79. The van der Waals surface area contributed by atoms with E-state index in [9.17, 15) is 13.2 Å². The number of sulfone groups is 1. The van der Waals surface area contributed by atoms with Crippen LogP contribution in [-0.2, 0) is 20.0 Å². The van der Waals surface area contributed by atoms with E-state index >= 15 is 0 Å². The lowest BCUT2D eigenvalue weighted by atomic mass is 9.87. The van der Waals surface area contributed by atoms with Crippen LogP contribution < -0.4 is 5.32 Å². The van der Waals surface area contributed by atoms with Crippen molar-refractivity contribution in [2.75, 3.05) is 16.8 Å². The van der Waals surface area contributed by atoms with Crippen LogP contribution in [0.5, 0.6) is 0 Å². The standard InChI is InChI=1S/C16H23NO3S/c1-16(2,3)13-6-8-14(9-7-13)17-15(18)12-5-4-10-21(19,20)11-12/h6-9,12H,4-5,10-11H2,1-3H3,(H,17,18). The highest BCUT2D eigenvalue weighted by Gasteiger charge is 2.29. The average Bonchev–Trinajstić information content (AvgIpc) is 2.37. The first-order valence-electron chi connectivity index (χ1n) is 7.29. The van der Waals surface area contributed by atoms with E-state index in [1.54, 1.807) is 0 Å². The van der Waals surface area contributed by atoms with Gasteiger partial charge in [-0.05, 0) is 36.0 Å². The molecule has 1 saturated heterocycles. The monoisotopic (exact) mass is 309 g/mol. The second-order valence-corrected chi connectivity index (χ2v) is 9.00. The van der Waals surface area contributed by atoms with E-state index in [1.165, 1.54) is 5.56 Å². The predicted molar refractivity (Wildman–Crippen MR) is 85.1 cm³/mol. The van der Waals surface area contributed by atoms with Crippen LogP contribution in [0.15, 0.2) is 24.3 Å². The highest BCUT2D eigenvalue weighted by molar-refractivity contribution is 7.91. The highest BCUT2D eigenvalue weighted by atomic mass is 32.2. The average molecular weight is 309 g/mol. The lowest BCUT2D eigenvalue weighted by Crippen LogP contribution is -2.34. The summed E-state index contributed by atoms with van der Waals surface area (Å²) in [5.74, 6) is -0.441. The van der Waals surface area contributed by atoms with E-state index < -0.39 is 15.8 Å². The second-order valence-electron chi connectivity index (χ2n) is 6.77. The SMILES string of the molecule is CC(C)(C)c1ccc(NC(=O)C2CCCS(=O)(=O)C2)cc1. The molecule has 5 heteroatoms. The van der Waals surface area contributed by atoms with Crippen molar-refractivity contribution in [3.8, 4) is 0 Å². The Morgan fingerprint density at radius 3 is 2.33 bits per heavy atom. The number of nitrogens with one attached hydrogen (secondary N) is 1. The topological polar surface area (TPSA) is 63.2 Å². The van der Waals surface area contributed by atoms with Crippen LogP contribution in [0.3, 0.4) is 0 Å². The van der Waals surface area contributed by atoms with Crippen molar-refractivity contribution < 1.29 is 13.2 Å². The van der Waals surface area contributed by atoms with Crippen LogP contribution in [0.1, 0.15) is 39.2 Å². The van der Waals surface area contributed by atoms with Crippen LogP contribution in [0.4, 0.5) is 5.69 Å². The van der Waals surface area contributed by atoms with Gasteiger partial charge in [-0.15, -0.1) is 0 Å². The molecule has 1 N–H and O–H groups in total. The molecular weight excluding hydrogens is 286 g/mol. The molecule has 0 aromatic heterocycles. The summed E-state index contributed by atoms with van der Waals surface area (Å²) in [6, 6.07) is 7.73. The third-order valence-corrected chi connectivity index (χ3v) is 5.67. The van der Waals surface area contributed by atoms with E-state index in [2.05, 4.69) is 26.1 Å². The zero-order chi connectivity index (χ0) is 15.7. The maximum Gasteiger partial charge on any atom is 0.228 e. The van der Waals surface area contributed by atoms with Gasteiger partial charge in [0.05, 0.1) is 17.4 Å². The van der Waals surface area contributed by atoms with Gasteiger partial charge >= 0.3 is 0 Å². The highest BCUT2D eigenvalue weighted by Crippen LogP contribution is 2.24. The normalized spacial score (nSPS) is 21.8. The lowest BCUT2D eigenvalue weighted by Gasteiger charge is -2.22. The molecule has 0 aliphatic carbocycles. The summed E-state index contributed by atoms with van der Waals surface area (Å²) in [4.78, 5) is 12.2. The van der Waals surface area contributed by atoms with Crippen molar-refractivity contribution in [3.05, 3.63) is 29.8 Å². The molecular formula is C16H23NO3S.